The maximum atomic E-state index is 13.6. The van der Waals surface area contributed by atoms with Crippen LogP contribution in [0.3, 0.4) is 0 Å². The smallest absolute Gasteiger partial charge is 0.305 e. The second-order valence-electron chi connectivity index (χ2n) is 11.7. The first-order valence-corrected chi connectivity index (χ1v) is 12.7. The fourth-order valence-electron chi connectivity index (χ4n) is 8.81. The van der Waals surface area contributed by atoms with Crippen LogP contribution < -0.4 is 0 Å². The maximum absolute atomic E-state index is 13.6. The van der Waals surface area contributed by atoms with Gasteiger partial charge in [-0.2, -0.15) is 0 Å². The van der Waals surface area contributed by atoms with E-state index in [1.807, 2.05) is 0 Å². The molecule has 1 aliphatic heterocycles. The lowest BCUT2D eigenvalue weighted by Gasteiger charge is -2.61. The van der Waals surface area contributed by atoms with E-state index in [0.717, 1.165) is 32.1 Å². The quantitative estimate of drug-likeness (QED) is 0.591. The summed E-state index contributed by atoms with van der Waals surface area (Å²) in [6.07, 6.45) is 11.0. The number of rotatable bonds is 4. The van der Waals surface area contributed by atoms with Gasteiger partial charge < -0.3 is 14.2 Å². The third kappa shape index (κ3) is 3.40. The van der Waals surface area contributed by atoms with Gasteiger partial charge in [0.25, 0.3) is 0 Å². The molecule has 5 nitrogen and oxygen atoms in total. The summed E-state index contributed by atoms with van der Waals surface area (Å²) in [6.45, 7) is 6.33. The normalized spacial score (nSPS) is 45.8. The Kier molecular flexibility index (Phi) is 5.53. The topological polar surface area (TPSA) is 61.8 Å². The van der Waals surface area contributed by atoms with Crippen LogP contribution in [0.4, 0.5) is 0 Å². The standard InChI is InChI=1S/C26H40O5/c1-24-10-9-20-23(19(24)8-7-17(24)5-4-6-22(28)29-3)21(27)15-18-16-26(30-13-14-31-26)12-11-25(18,20)2/h17-20,23H,4-16H2,1-3H3. The summed E-state index contributed by atoms with van der Waals surface area (Å²) in [5.74, 6) is 2.33. The minimum Gasteiger partial charge on any atom is -0.469 e. The highest BCUT2D eigenvalue weighted by Gasteiger charge is 2.64. The predicted octanol–water partition coefficient (Wildman–Crippen LogP) is 4.91. The molecule has 4 saturated carbocycles. The zero-order chi connectivity index (χ0) is 21.9. The molecule has 5 fully saturated rings. The highest BCUT2D eigenvalue weighted by atomic mass is 16.7. The number of hydrogen-bond acceptors (Lipinski definition) is 5. The Bertz CT molecular complexity index is 727. The lowest BCUT2D eigenvalue weighted by molar-refractivity contribution is -0.226. The summed E-state index contributed by atoms with van der Waals surface area (Å²) in [5.41, 5.74) is 0.493. The summed E-state index contributed by atoms with van der Waals surface area (Å²) in [6, 6.07) is 0. The zero-order valence-electron chi connectivity index (χ0n) is 19.6. The fourth-order valence-corrected chi connectivity index (χ4v) is 8.81. The minimum absolute atomic E-state index is 0.102. The summed E-state index contributed by atoms with van der Waals surface area (Å²) >= 11 is 0. The number of ether oxygens (including phenoxy) is 3. The molecule has 4 aliphatic carbocycles. The summed E-state index contributed by atoms with van der Waals surface area (Å²) in [7, 11) is 1.47. The van der Waals surface area contributed by atoms with Crippen molar-refractivity contribution >= 4 is 11.8 Å². The van der Waals surface area contributed by atoms with Crippen molar-refractivity contribution in [2.24, 2.45) is 40.4 Å². The Labute approximate surface area is 186 Å². The van der Waals surface area contributed by atoms with E-state index in [9.17, 15) is 9.59 Å². The van der Waals surface area contributed by atoms with Gasteiger partial charge in [-0.05, 0) is 79.4 Å². The van der Waals surface area contributed by atoms with E-state index >= 15 is 0 Å². The van der Waals surface area contributed by atoms with E-state index in [1.54, 1.807) is 0 Å². The van der Waals surface area contributed by atoms with Gasteiger partial charge in [-0.15, -0.1) is 0 Å². The number of fused-ring (bicyclic) bond motifs is 5. The van der Waals surface area contributed by atoms with Crippen LogP contribution in [0.2, 0.25) is 0 Å². The van der Waals surface area contributed by atoms with Gasteiger partial charge in [0, 0.05) is 31.6 Å². The van der Waals surface area contributed by atoms with Crippen molar-refractivity contribution in [3.05, 3.63) is 0 Å². The highest BCUT2D eigenvalue weighted by Crippen LogP contribution is 2.68. The molecule has 0 N–H and O–H groups in total. The number of methoxy groups -OCH3 is 1. The van der Waals surface area contributed by atoms with Gasteiger partial charge in [-0.1, -0.05) is 13.8 Å². The van der Waals surface area contributed by atoms with Crippen molar-refractivity contribution in [2.45, 2.75) is 90.3 Å². The number of ketones is 1. The first kappa shape index (κ1) is 21.9. The second kappa shape index (κ2) is 7.83. The van der Waals surface area contributed by atoms with Gasteiger partial charge in [0.05, 0.1) is 20.3 Å². The molecule has 0 bridgehead atoms. The van der Waals surface area contributed by atoms with Crippen molar-refractivity contribution in [2.75, 3.05) is 20.3 Å². The third-order valence-corrected chi connectivity index (χ3v) is 10.6. The largest absolute Gasteiger partial charge is 0.469 e. The summed E-state index contributed by atoms with van der Waals surface area (Å²) in [5, 5.41) is 0. The molecular formula is C26H40O5. The van der Waals surface area contributed by atoms with Crippen molar-refractivity contribution in [3.8, 4) is 0 Å². The zero-order valence-corrected chi connectivity index (χ0v) is 19.6. The monoisotopic (exact) mass is 432 g/mol. The van der Waals surface area contributed by atoms with Crippen LogP contribution in [-0.4, -0.2) is 37.9 Å². The van der Waals surface area contributed by atoms with Crippen molar-refractivity contribution in [1.82, 2.24) is 0 Å². The molecule has 0 aromatic heterocycles. The molecule has 5 aliphatic rings. The van der Waals surface area contributed by atoms with E-state index in [4.69, 9.17) is 14.2 Å². The molecule has 5 rings (SSSR count). The molecule has 1 heterocycles. The second-order valence-corrected chi connectivity index (χ2v) is 11.7. The van der Waals surface area contributed by atoms with Crippen molar-refractivity contribution < 1.29 is 23.8 Å². The van der Waals surface area contributed by atoms with Gasteiger partial charge in [0.15, 0.2) is 5.79 Å². The van der Waals surface area contributed by atoms with Crippen LogP contribution in [0.25, 0.3) is 0 Å². The van der Waals surface area contributed by atoms with Crippen LogP contribution in [-0.2, 0) is 23.8 Å². The molecular weight excluding hydrogens is 392 g/mol. The van der Waals surface area contributed by atoms with Crippen molar-refractivity contribution in [3.63, 3.8) is 0 Å². The van der Waals surface area contributed by atoms with Gasteiger partial charge in [-0.25, -0.2) is 0 Å². The predicted molar refractivity (Wildman–Crippen MR) is 116 cm³/mol. The van der Waals surface area contributed by atoms with Gasteiger partial charge in [0.2, 0.25) is 0 Å². The van der Waals surface area contributed by atoms with Crippen LogP contribution in [0.1, 0.15) is 84.5 Å². The number of carbonyl (C=O) groups is 2. The average Bonchev–Trinajstić information content (AvgIpc) is 3.34. The Balaban J connectivity index is 1.32. The van der Waals surface area contributed by atoms with Crippen molar-refractivity contribution in [1.29, 1.82) is 0 Å². The van der Waals surface area contributed by atoms with Crippen LogP contribution in [0, 0.1) is 40.4 Å². The van der Waals surface area contributed by atoms with Crippen LogP contribution in [0.15, 0.2) is 0 Å². The molecule has 1 spiro atoms. The molecule has 0 radical (unpaired) electrons. The highest BCUT2D eigenvalue weighted by molar-refractivity contribution is 5.83. The molecule has 0 aromatic rings. The van der Waals surface area contributed by atoms with Gasteiger partial charge >= 0.3 is 5.97 Å². The maximum Gasteiger partial charge on any atom is 0.305 e. The van der Waals surface area contributed by atoms with Gasteiger partial charge in [0.1, 0.15) is 5.78 Å². The number of esters is 1. The molecule has 174 valence electrons. The number of Topliss-reactive ketones (excluding diaryl/α,β-unsaturated/α-hetero) is 1. The lowest BCUT2D eigenvalue weighted by atomic mass is 9.44. The van der Waals surface area contributed by atoms with E-state index in [2.05, 4.69) is 13.8 Å². The van der Waals surface area contributed by atoms with Crippen LogP contribution >= 0.6 is 0 Å². The average molecular weight is 433 g/mol. The Morgan fingerprint density at radius 3 is 2.52 bits per heavy atom. The van der Waals surface area contributed by atoms with Gasteiger partial charge in [-0.3, -0.25) is 9.59 Å². The summed E-state index contributed by atoms with van der Waals surface area (Å²) < 4.78 is 16.9. The van der Waals surface area contributed by atoms with E-state index < -0.39 is 5.79 Å². The minimum atomic E-state index is -0.404. The fraction of sp³-hybridized carbons (Fsp3) is 0.923. The first-order valence-electron chi connectivity index (χ1n) is 12.7. The third-order valence-electron chi connectivity index (χ3n) is 10.6. The number of carbonyl (C=O) groups excluding carboxylic acids is 2. The molecule has 5 heteroatoms. The number of hydrogen-bond donors (Lipinski definition) is 0. The molecule has 7 unspecified atom stereocenters. The first-order chi connectivity index (χ1) is 14.8. The SMILES string of the molecule is COC(=O)CCCC1CCC2C3C(=O)CC4CC5(CCC4(C)C3CCC12C)OCCO5. The Hall–Kier alpha value is -0.940. The molecule has 31 heavy (non-hydrogen) atoms. The van der Waals surface area contributed by atoms with E-state index in [-0.39, 0.29) is 22.7 Å². The molecule has 0 amide bonds. The Morgan fingerprint density at radius 2 is 1.77 bits per heavy atom. The molecule has 7 atom stereocenters. The molecule has 0 aromatic carbocycles. The molecule has 1 saturated heterocycles. The van der Waals surface area contributed by atoms with Crippen LogP contribution in [0.5, 0.6) is 0 Å². The van der Waals surface area contributed by atoms with E-state index in [1.165, 1.54) is 32.8 Å². The lowest BCUT2D eigenvalue weighted by Crippen LogP contribution is -2.59. The summed E-state index contributed by atoms with van der Waals surface area (Å²) in [4.78, 5) is 25.2. The van der Waals surface area contributed by atoms with E-state index in [0.29, 0.717) is 55.5 Å². The Morgan fingerprint density at radius 1 is 1.03 bits per heavy atom.